The van der Waals surface area contributed by atoms with Gasteiger partial charge in [-0.25, -0.2) is 13.4 Å². The minimum absolute atomic E-state index is 0.100. The Balaban J connectivity index is 1.81. The van der Waals surface area contributed by atoms with Gasteiger partial charge in [-0.3, -0.25) is 14.9 Å². The number of hydrogen-bond acceptors (Lipinski definition) is 8. The first-order valence-electron chi connectivity index (χ1n) is 10.6. The fraction of sp³-hybridized carbons (Fsp3) is 0.429. The second-order valence-electron chi connectivity index (χ2n) is 7.34. The molecule has 2 heterocycles. The Bertz CT molecular complexity index is 1130. The van der Waals surface area contributed by atoms with Gasteiger partial charge in [0, 0.05) is 51.5 Å². The molecule has 1 aromatic heterocycles. The van der Waals surface area contributed by atoms with Gasteiger partial charge in [0.1, 0.15) is 10.7 Å². The van der Waals surface area contributed by atoms with E-state index in [0.29, 0.717) is 42.5 Å². The van der Waals surface area contributed by atoms with Crippen molar-refractivity contribution in [1.29, 1.82) is 0 Å². The van der Waals surface area contributed by atoms with Crippen LogP contribution in [-0.4, -0.2) is 79.0 Å². The number of nitro groups is 1. The van der Waals surface area contributed by atoms with Crippen LogP contribution >= 0.6 is 11.8 Å². The molecule has 0 atom stereocenters. The molecule has 1 aromatic carbocycles. The molecule has 0 unspecified atom stereocenters. The highest BCUT2D eigenvalue weighted by atomic mass is 32.2. The topological polar surface area (TPSA) is 117 Å². The van der Waals surface area contributed by atoms with E-state index in [2.05, 4.69) is 4.98 Å². The molecule has 1 saturated heterocycles. The van der Waals surface area contributed by atoms with Crippen molar-refractivity contribution in [1.82, 2.24) is 14.2 Å². The van der Waals surface area contributed by atoms with E-state index in [0.717, 1.165) is 6.07 Å². The first-order valence-corrected chi connectivity index (χ1v) is 13.2. The van der Waals surface area contributed by atoms with Crippen molar-refractivity contribution in [2.45, 2.75) is 23.8 Å². The molecule has 1 aliphatic rings. The number of piperazine rings is 1. The summed E-state index contributed by atoms with van der Waals surface area (Å²) in [6.07, 6.45) is 3.50. The SMILES string of the molecule is CCN(CC)S(=O)(=O)c1ccc(N2CCN(C(=O)c3cccnc3SC)CC2)c([N+](=O)[O-])c1. The monoisotopic (exact) mass is 493 g/mol. The number of amides is 1. The molecule has 0 N–H and O–H groups in total. The predicted octanol–water partition coefficient (Wildman–Crippen LogP) is 2.70. The third kappa shape index (κ3) is 5.12. The maximum Gasteiger partial charge on any atom is 0.293 e. The molecule has 0 saturated carbocycles. The molecule has 1 amide bonds. The second kappa shape index (κ2) is 10.5. The molecule has 10 nitrogen and oxygen atoms in total. The Hall–Kier alpha value is -2.70. The van der Waals surface area contributed by atoms with Crippen LogP contribution in [0.5, 0.6) is 0 Å². The molecule has 178 valence electrons. The molecular weight excluding hydrogens is 466 g/mol. The highest BCUT2D eigenvalue weighted by Gasteiger charge is 2.30. The fourth-order valence-electron chi connectivity index (χ4n) is 3.83. The standard InChI is InChI=1S/C21H27N5O5S2/c1-4-25(5-2)33(30,31)16-8-9-18(19(15-16)26(28)29)23-11-13-24(14-12-23)21(27)17-7-6-10-22-20(17)32-3/h6-10,15H,4-5,11-14H2,1-3H3. The molecule has 0 aliphatic carbocycles. The van der Waals surface area contributed by atoms with Crippen molar-refractivity contribution < 1.29 is 18.1 Å². The average Bonchev–Trinajstić information content (AvgIpc) is 2.83. The van der Waals surface area contributed by atoms with Gasteiger partial charge < -0.3 is 9.80 Å². The first-order chi connectivity index (χ1) is 15.7. The lowest BCUT2D eigenvalue weighted by atomic mass is 10.2. The van der Waals surface area contributed by atoms with E-state index in [1.807, 2.05) is 11.2 Å². The van der Waals surface area contributed by atoms with Crippen molar-refractivity contribution in [3.05, 3.63) is 52.2 Å². The zero-order chi connectivity index (χ0) is 24.2. The number of hydrogen-bond donors (Lipinski definition) is 0. The fourth-order valence-corrected chi connectivity index (χ4v) is 5.85. The van der Waals surface area contributed by atoms with E-state index in [1.165, 1.54) is 28.2 Å². The summed E-state index contributed by atoms with van der Waals surface area (Å²) >= 11 is 1.40. The summed E-state index contributed by atoms with van der Waals surface area (Å²) in [5.41, 5.74) is 0.618. The number of anilines is 1. The quantitative estimate of drug-likeness (QED) is 0.313. The number of sulfonamides is 1. The van der Waals surface area contributed by atoms with Crippen molar-refractivity contribution >= 4 is 39.1 Å². The summed E-state index contributed by atoms with van der Waals surface area (Å²) in [5, 5.41) is 12.4. The number of aromatic nitrogens is 1. The largest absolute Gasteiger partial charge is 0.362 e. The number of nitrogens with zero attached hydrogens (tertiary/aromatic N) is 5. The molecule has 0 bridgehead atoms. The van der Waals surface area contributed by atoms with Gasteiger partial charge in [-0.1, -0.05) is 13.8 Å². The molecule has 1 aliphatic heterocycles. The van der Waals surface area contributed by atoms with Crippen LogP contribution in [0, 0.1) is 10.1 Å². The third-order valence-electron chi connectivity index (χ3n) is 5.59. The minimum Gasteiger partial charge on any atom is -0.362 e. The van der Waals surface area contributed by atoms with Crippen LogP contribution in [0.15, 0.2) is 46.5 Å². The van der Waals surface area contributed by atoms with Crippen LogP contribution in [0.4, 0.5) is 11.4 Å². The average molecular weight is 494 g/mol. The Labute approximate surface area is 197 Å². The van der Waals surface area contributed by atoms with Gasteiger partial charge in [-0.2, -0.15) is 4.31 Å². The lowest BCUT2D eigenvalue weighted by Crippen LogP contribution is -2.49. The minimum atomic E-state index is -3.81. The molecule has 3 rings (SSSR count). The molecule has 33 heavy (non-hydrogen) atoms. The molecule has 0 spiro atoms. The van der Waals surface area contributed by atoms with E-state index in [1.54, 1.807) is 37.1 Å². The van der Waals surface area contributed by atoms with Gasteiger partial charge in [-0.15, -0.1) is 11.8 Å². The number of carbonyl (C=O) groups is 1. The van der Waals surface area contributed by atoms with Crippen molar-refractivity contribution in [3.63, 3.8) is 0 Å². The van der Waals surface area contributed by atoms with Gasteiger partial charge in [-0.05, 0) is 30.5 Å². The Morgan fingerprint density at radius 1 is 1.18 bits per heavy atom. The van der Waals surface area contributed by atoms with Gasteiger partial charge in [0.25, 0.3) is 11.6 Å². The van der Waals surface area contributed by atoms with E-state index < -0.39 is 14.9 Å². The Morgan fingerprint density at radius 2 is 1.85 bits per heavy atom. The van der Waals surface area contributed by atoms with Crippen molar-refractivity contribution in [2.24, 2.45) is 0 Å². The summed E-state index contributed by atoms with van der Waals surface area (Å²) < 4.78 is 26.9. The Kier molecular flexibility index (Phi) is 7.92. The van der Waals surface area contributed by atoms with Crippen LogP contribution in [0.25, 0.3) is 0 Å². The van der Waals surface area contributed by atoms with Gasteiger partial charge in [0.2, 0.25) is 10.0 Å². The number of thioether (sulfide) groups is 1. The molecule has 1 fully saturated rings. The summed E-state index contributed by atoms with van der Waals surface area (Å²) in [4.78, 5) is 31.8. The summed E-state index contributed by atoms with van der Waals surface area (Å²) in [6.45, 7) is 5.55. The lowest BCUT2D eigenvalue weighted by molar-refractivity contribution is -0.384. The van der Waals surface area contributed by atoms with Crippen molar-refractivity contribution in [2.75, 3.05) is 50.4 Å². The van der Waals surface area contributed by atoms with E-state index >= 15 is 0 Å². The molecule has 2 aromatic rings. The maximum atomic E-state index is 12.9. The highest BCUT2D eigenvalue weighted by molar-refractivity contribution is 7.98. The van der Waals surface area contributed by atoms with Crippen LogP contribution < -0.4 is 4.90 Å². The van der Waals surface area contributed by atoms with Crippen LogP contribution in [0.1, 0.15) is 24.2 Å². The van der Waals surface area contributed by atoms with E-state index in [9.17, 15) is 23.3 Å². The molecule has 12 heteroatoms. The molecule has 0 radical (unpaired) electrons. The van der Waals surface area contributed by atoms with Gasteiger partial charge >= 0.3 is 0 Å². The highest BCUT2D eigenvalue weighted by Crippen LogP contribution is 2.32. The third-order valence-corrected chi connectivity index (χ3v) is 8.35. The molecular formula is C21H27N5O5S2. The normalized spacial score (nSPS) is 14.5. The van der Waals surface area contributed by atoms with E-state index in [-0.39, 0.29) is 29.6 Å². The van der Waals surface area contributed by atoms with Gasteiger partial charge in [0.15, 0.2) is 0 Å². The number of pyridine rings is 1. The maximum absolute atomic E-state index is 12.9. The first kappa shape index (κ1) is 24.9. The van der Waals surface area contributed by atoms with Crippen LogP contribution in [-0.2, 0) is 10.0 Å². The van der Waals surface area contributed by atoms with Crippen LogP contribution in [0.2, 0.25) is 0 Å². The predicted molar refractivity (Wildman–Crippen MR) is 127 cm³/mol. The number of rotatable bonds is 8. The zero-order valence-corrected chi connectivity index (χ0v) is 20.4. The summed E-state index contributed by atoms with van der Waals surface area (Å²) in [7, 11) is -3.81. The smallest absolute Gasteiger partial charge is 0.293 e. The van der Waals surface area contributed by atoms with E-state index in [4.69, 9.17) is 0 Å². The van der Waals surface area contributed by atoms with Gasteiger partial charge in [0.05, 0.1) is 15.4 Å². The number of nitro benzene ring substituents is 1. The second-order valence-corrected chi connectivity index (χ2v) is 10.1. The summed E-state index contributed by atoms with van der Waals surface area (Å²) in [5.74, 6) is -0.123. The summed E-state index contributed by atoms with van der Waals surface area (Å²) in [6, 6.07) is 7.49. The van der Waals surface area contributed by atoms with Crippen molar-refractivity contribution in [3.8, 4) is 0 Å². The number of carbonyl (C=O) groups excluding carboxylic acids is 1. The number of benzene rings is 1. The Morgan fingerprint density at radius 3 is 2.42 bits per heavy atom. The van der Waals surface area contributed by atoms with Crippen LogP contribution in [0.3, 0.4) is 0 Å². The lowest BCUT2D eigenvalue weighted by Gasteiger charge is -2.36. The zero-order valence-electron chi connectivity index (χ0n) is 18.8.